The van der Waals surface area contributed by atoms with Crippen LogP contribution in [0.25, 0.3) is 0 Å². The molecule has 0 radical (unpaired) electrons. The normalized spacial score (nSPS) is 26.5. The van der Waals surface area contributed by atoms with E-state index < -0.39 is 0 Å². The molecule has 2 aliphatic rings. The summed E-state index contributed by atoms with van der Waals surface area (Å²) >= 11 is 0. The molecule has 2 aliphatic heterocycles. The average molecular weight is 211 g/mol. The summed E-state index contributed by atoms with van der Waals surface area (Å²) in [5, 5.41) is 3.20. The van der Waals surface area contributed by atoms with Gasteiger partial charge in [0.2, 0.25) is 0 Å². The second-order valence-electron chi connectivity index (χ2n) is 4.79. The highest BCUT2D eigenvalue weighted by atomic mass is 16.5. The number of ether oxygens (including phenoxy) is 1. The molecule has 0 aromatic rings. The molecule has 2 heterocycles. The summed E-state index contributed by atoms with van der Waals surface area (Å²) in [6, 6.07) is 0. The van der Waals surface area contributed by atoms with Crippen molar-refractivity contribution in [3.8, 4) is 0 Å². The van der Waals surface area contributed by atoms with Crippen LogP contribution >= 0.6 is 0 Å². The molecular weight excluding hydrogens is 190 g/mol. The van der Waals surface area contributed by atoms with Crippen molar-refractivity contribution < 1.29 is 9.53 Å². The van der Waals surface area contributed by atoms with Crippen molar-refractivity contribution in [2.75, 3.05) is 19.7 Å². The van der Waals surface area contributed by atoms with Crippen LogP contribution in [0.15, 0.2) is 0 Å². The smallest absolute Gasteiger partial charge is 0.133 e. The summed E-state index contributed by atoms with van der Waals surface area (Å²) < 4.78 is 5.53. The fourth-order valence-corrected chi connectivity index (χ4v) is 2.32. The molecule has 0 aromatic carbocycles. The quantitative estimate of drug-likeness (QED) is 0.724. The van der Waals surface area contributed by atoms with Crippen molar-refractivity contribution in [1.29, 1.82) is 0 Å². The van der Waals surface area contributed by atoms with Gasteiger partial charge in [-0.1, -0.05) is 0 Å². The van der Waals surface area contributed by atoms with E-state index in [2.05, 4.69) is 5.32 Å². The van der Waals surface area contributed by atoms with Gasteiger partial charge in [0.15, 0.2) is 0 Å². The maximum atomic E-state index is 11.6. The zero-order valence-electron chi connectivity index (χ0n) is 9.34. The van der Waals surface area contributed by atoms with E-state index in [1.807, 2.05) is 0 Å². The molecular formula is C12H21NO2. The van der Waals surface area contributed by atoms with Gasteiger partial charge in [-0.05, 0) is 44.7 Å². The Morgan fingerprint density at radius 3 is 2.87 bits per heavy atom. The number of hydrogen-bond donors (Lipinski definition) is 1. The maximum absolute atomic E-state index is 11.6. The molecule has 1 atom stereocenters. The molecule has 3 heteroatoms. The highest BCUT2D eigenvalue weighted by Gasteiger charge is 2.20. The Balaban J connectivity index is 1.50. The van der Waals surface area contributed by atoms with Gasteiger partial charge in [-0.25, -0.2) is 0 Å². The monoisotopic (exact) mass is 211 g/mol. The Kier molecular flexibility index (Phi) is 4.15. The van der Waals surface area contributed by atoms with Crippen LogP contribution in [0.5, 0.6) is 0 Å². The SMILES string of the molecule is O=C(CCCC1CCCO1)CC1CNC1. The Hall–Kier alpha value is -0.410. The molecule has 2 fully saturated rings. The fraction of sp³-hybridized carbons (Fsp3) is 0.917. The molecule has 0 bridgehead atoms. The standard InChI is InChI=1S/C12H21NO2/c14-11(7-10-8-13-9-10)3-1-4-12-5-2-6-15-12/h10,12-13H,1-9H2. The fourth-order valence-electron chi connectivity index (χ4n) is 2.32. The molecule has 3 nitrogen and oxygen atoms in total. The predicted molar refractivity (Wildman–Crippen MR) is 58.8 cm³/mol. The lowest BCUT2D eigenvalue weighted by molar-refractivity contribution is -0.120. The van der Waals surface area contributed by atoms with Crippen LogP contribution in [0.3, 0.4) is 0 Å². The van der Waals surface area contributed by atoms with Gasteiger partial charge < -0.3 is 10.1 Å². The van der Waals surface area contributed by atoms with Gasteiger partial charge in [0.25, 0.3) is 0 Å². The molecule has 0 amide bonds. The molecule has 0 spiro atoms. The third-order valence-electron chi connectivity index (χ3n) is 3.39. The first-order valence-corrected chi connectivity index (χ1v) is 6.18. The molecule has 0 saturated carbocycles. The molecule has 2 saturated heterocycles. The summed E-state index contributed by atoms with van der Waals surface area (Å²) in [6.45, 7) is 3.00. The second kappa shape index (κ2) is 5.61. The minimum Gasteiger partial charge on any atom is -0.378 e. The van der Waals surface area contributed by atoms with E-state index in [9.17, 15) is 4.79 Å². The van der Waals surface area contributed by atoms with E-state index in [-0.39, 0.29) is 0 Å². The molecule has 0 aromatic heterocycles. The van der Waals surface area contributed by atoms with Gasteiger partial charge in [0, 0.05) is 19.4 Å². The van der Waals surface area contributed by atoms with E-state index in [0.29, 0.717) is 17.8 Å². The second-order valence-corrected chi connectivity index (χ2v) is 4.79. The third-order valence-corrected chi connectivity index (χ3v) is 3.39. The zero-order valence-corrected chi connectivity index (χ0v) is 9.34. The molecule has 15 heavy (non-hydrogen) atoms. The lowest BCUT2D eigenvalue weighted by Gasteiger charge is -2.26. The van der Waals surface area contributed by atoms with Crippen LogP contribution in [0, 0.1) is 5.92 Å². The van der Waals surface area contributed by atoms with Crippen molar-refractivity contribution in [1.82, 2.24) is 5.32 Å². The number of nitrogens with one attached hydrogen (secondary N) is 1. The van der Waals surface area contributed by atoms with E-state index in [0.717, 1.165) is 45.4 Å². The van der Waals surface area contributed by atoms with Crippen molar-refractivity contribution in [2.24, 2.45) is 5.92 Å². The highest BCUT2D eigenvalue weighted by Crippen LogP contribution is 2.18. The summed E-state index contributed by atoms with van der Waals surface area (Å²) in [5.41, 5.74) is 0. The average Bonchev–Trinajstić information content (AvgIpc) is 2.64. The zero-order chi connectivity index (χ0) is 10.5. The van der Waals surface area contributed by atoms with Gasteiger partial charge in [-0.2, -0.15) is 0 Å². The van der Waals surface area contributed by atoms with Crippen molar-refractivity contribution in [2.45, 2.75) is 44.6 Å². The van der Waals surface area contributed by atoms with Crippen molar-refractivity contribution in [3.63, 3.8) is 0 Å². The van der Waals surface area contributed by atoms with Crippen molar-refractivity contribution in [3.05, 3.63) is 0 Å². The van der Waals surface area contributed by atoms with E-state index in [1.165, 1.54) is 12.8 Å². The molecule has 1 N–H and O–H groups in total. The largest absolute Gasteiger partial charge is 0.378 e. The lowest BCUT2D eigenvalue weighted by Crippen LogP contribution is -2.42. The summed E-state index contributed by atoms with van der Waals surface area (Å²) in [5.74, 6) is 1.07. The predicted octanol–water partition coefficient (Wildman–Crippen LogP) is 1.51. The number of ketones is 1. The topological polar surface area (TPSA) is 38.3 Å². The summed E-state index contributed by atoms with van der Waals surface area (Å²) in [4.78, 5) is 11.6. The summed E-state index contributed by atoms with van der Waals surface area (Å²) in [7, 11) is 0. The first kappa shape index (κ1) is 11.1. The number of rotatable bonds is 6. The number of Topliss-reactive ketones (excluding diaryl/α,β-unsaturated/α-hetero) is 1. The van der Waals surface area contributed by atoms with E-state index in [1.54, 1.807) is 0 Å². The molecule has 1 unspecified atom stereocenters. The minimum absolute atomic E-state index is 0.444. The van der Waals surface area contributed by atoms with Crippen LogP contribution in [-0.2, 0) is 9.53 Å². The Bertz CT molecular complexity index is 208. The number of carbonyl (C=O) groups excluding carboxylic acids is 1. The lowest BCUT2D eigenvalue weighted by atomic mass is 9.94. The van der Waals surface area contributed by atoms with Crippen LogP contribution in [0.1, 0.15) is 38.5 Å². The Morgan fingerprint density at radius 1 is 1.40 bits per heavy atom. The van der Waals surface area contributed by atoms with Gasteiger partial charge in [0.1, 0.15) is 5.78 Å². The molecule has 2 rings (SSSR count). The number of carbonyl (C=O) groups is 1. The van der Waals surface area contributed by atoms with E-state index in [4.69, 9.17) is 4.74 Å². The van der Waals surface area contributed by atoms with Crippen LogP contribution in [0.4, 0.5) is 0 Å². The van der Waals surface area contributed by atoms with Crippen molar-refractivity contribution >= 4 is 5.78 Å². The maximum Gasteiger partial charge on any atom is 0.133 e. The molecule has 0 aliphatic carbocycles. The van der Waals surface area contributed by atoms with Gasteiger partial charge >= 0.3 is 0 Å². The van der Waals surface area contributed by atoms with Crippen LogP contribution in [-0.4, -0.2) is 31.6 Å². The summed E-state index contributed by atoms with van der Waals surface area (Å²) in [6.07, 6.45) is 6.49. The van der Waals surface area contributed by atoms with E-state index >= 15 is 0 Å². The van der Waals surface area contributed by atoms with Gasteiger partial charge in [0.05, 0.1) is 6.10 Å². The van der Waals surface area contributed by atoms with Crippen LogP contribution < -0.4 is 5.32 Å². The first-order chi connectivity index (χ1) is 7.34. The highest BCUT2D eigenvalue weighted by molar-refractivity contribution is 5.78. The number of hydrogen-bond acceptors (Lipinski definition) is 3. The minimum atomic E-state index is 0.444. The first-order valence-electron chi connectivity index (χ1n) is 6.18. The Morgan fingerprint density at radius 2 is 2.27 bits per heavy atom. The van der Waals surface area contributed by atoms with Gasteiger partial charge in [-0.3, -0.25) is 4.79 Å². The van der Waals surface area contributed by atoms with Gasteiger partial charge in [-0.15, -0.1) is 0 Å². The Labute approximate surface area is 91.6 Å². The van der Waals surface area contributed by atoms with Crippen LogP contribution in [0.2, 0.25) is 0 Å². The third kappa shape index (κ3) is 3.58. The molecule has 86 valence electrons.